The predicted molar refractivity (Wildman–Crippen MR) is 79.4 cm³/mol. The average Bonchev–Trinajstić information content (AvgIpc) is 2.59. The topological polar surface area (TPSA) is 67.4 Å². The second-order valence-corrected chi connectivity index (χ2v) is 4.96. The third kappa shape index (κ3) is 3.59. The van der Waals surface area contributed by atoms with Crippen LogP contribution in [0.5, 0.6) is 0 Å². The van der Waals surface area contributed by atoms with E-state index in [2.05, 4.69) is 15.5 Å². The molecule has 0 unspecified atom stereocenters. The zero-order valence-corrected chi connectivity index (χ0v) is 12.1. The number of ether oxygens (including phenoxy) is 1. The lowest BCUT2D eigenvalue weighted by molar-refractivity contribution is 0.102. The lowest BCUT2D eigenvalue weighted by Crippen LogP contribution is -2.36. The van der Waals surface area contributed by atoms with E-state index in [0.29, 0.717) is 19.0 Å². The summed E-state index contributed by atoms with van der Waals surface area (Å²) in [7, 11) is 0. The summed E-state index contributed by atoms with van der Waals surface area (Å²) in [5.74, 6) is -1.74. The lowest BCUT2D eigenvalue weighted by Gasteiger charge is -2.27. The number of nitrogens with one attached hydrogen (secondary N) is 1. The van der Waals surface area contributed by atoms with Crippen molar-refractivity contribution in [3.8, 4) is 0 Å². The molecule has 0 spiro atoms. The second-order valence-electron chi connectivity index (χ2n) is 4.96. The van der Waals surface area contributed by atoms with E-state index in [0.717, 1.165) is 25.2 Å². The fraction of sp³-hybridized carbons (Fsp3) is 0.267. The molecule has 1 aliphatic heterocycles. The van der Waals surface area contributed by atoms with Crippen LogP contribution >= 0.6 is 0 Å². The fourth-order valence-electron chi connectivity index (χ4n) is 2.18. The summed E-state index contributed by atoms with van der Waals surface area (Å²) in [6.45, 7) is 2.73. The molecule has 2 heterocycles. The Kier molecular flexibility index (Phi) is 4.42. The van der Waals surface area contributed by atoms with Gasteiger partial charge < -0.3 is 15.0 Å². The van der Waals surface area contributed by atoms with Gasteiger partial charge in [-0.25, -0.2) is 8.78 Å². The van der Waals surface area contributed by atoms with Crippen LogP contribution in [0.2, 0.25) is 0 Å². The van der Waals surface area contributed by atoms with Crippen LogP contribution in [-0.2, 0) is 4.74 Å². The fourth-order valence-corrected chi connectivity index (χ4v) is 2.18. The Morgan fingerprint density at radius 1 is 1.09 bits per heavy atom. The zero-order chi connectivity index (χ0) is 16.2. The smallest absolute Gasteiger partial charge is 0.256 e. The maximum atomic E-state index is 13.1. The van der Waals surface area contributed by atoms with E-state index >= 15 is 0 Å². The number of amides is 1. The minimum Gasteiger partial charge on any atom is -0.378 e. The molecule has 1 fully saturated rings. The summed E-state index contributed by atoms with van der Waals surface area (Å²) in [6, 6.07) is 6.27. The molecule has 0 radical (unpaired) electrons. The van der Waals surface area contributed by atoms with Crippen molar-refractivity contribution in [2.45, 2.75) is 0 Å². The van der Waals surface area contributed by atoms with Crippen molar-refractivity contribution < 1.29 is 18.3 Å². The number of aromatic nitrogens is 2. The monoisotopic (exact) mass is 320 g/mol. The molecule has 23 heavy (non-hydrogen) atoms. The van der Waals surface area contributed by atoms with Crippen molar-refractivity contribution in [1.82, 2.24) is 10.2 Å². The molecule has 120 valence electrons. The highest BCUT2D eigenvalue weighted by Gasteiger charge is 2.14. The molecule has 1 aromatic heterocycles. The number of rotatable bonds is 3. The van der Waals surface area contributed by atoms with Gasteiger partial charge in [-0.2, -0.15) is 0 Å². The second kappa shape index (κ2) is 6.66. The summed E-state index contributed by atoms with van der Waals surface area (Å²) in [6.07, 6.45) is 0. The first kappa shape index (κ1) is 15.3. The van der Waals surface area contributed by atoms with E-state index in [1.54, 1.807) is 12.1 Å². The molecule has 1 aliphatic rings. The highest BCUT2D eigenvalue weighted by molar-refractivity contribution is 6.03. The summed E-state index contributed by atoms with van der Waals surface area (Å²) >= 11 is 0. The molecule has 1 amide bonds. The number of benzene rings is 1. The maximum absolute atomic E-state index is 13.1. The minimum absolute atomic E-state index is 0.00274. The molecule has 0 saturated carbocycles. The van der Waals surface area contributed by atoms with Crippen molar-refractivity contribution in [2.75, 3.05) is 36.5 Å². The van der Waals surface area contributed by atoms with Crippen LogP contribution in [0.15, 0.2) is 30.3 Å². The van der Waals surface area contributed by atoms with Gasteiger partial charge in [0.25, 0.3) is 5.91 Å². The Balaban J connectivity index is 1.67. The van der Waals surface area contributed by atoms with Crippen LogP contribution in [0.4, 0.5) is 20.4 Å². The quantitative estimate of drug-likeness (QED) is 0.935. The van der Waals surface area contributed by atoms with Crippen LogP contribution in [0.25, 0.3) is 0 Å². The molecule has 0 bridgehead atoms. The van der Waals surface area contributed by atoms with Gasteiger partial charge in [-0.15, -0.1) is 10.2 Å². The van der Waals surface area contributed by atoms with Crippen molar-refractivity contribution in [2.24, 2.45) is 0 Å². The normalized spacial score (nSPS) is 14.6. The van der Waals surface area contributed by atoms with Crippen LogP contribution < -0.4 is 10.2 Å². The predicted octanol–water partition coefficient (Wildman–Crippen LogP) is 1.84. The van der Waals surface area contributed by atoms with Gasteiger partial charge in [0.1, 0.15) is 0 Å². The number of hydrogen-bond donors (Lipinski definition) is 1. The highest BCUT2D eigenvalue weighted by Crippen LogP contribution is 2.14. The van der Waals surface area contributed by atoms with Gasteiger partial charge in [0.15, 0.2) is 23.3 Å². The number of halogens is 2. The van der Waals surface area contributed by atoms with Crippen molar-refractivity contribution in [1.29, 1.82) is 0 Å². The van der Waals surface area contributed by atoms with Gasteiger partial charge in [-0.3, -0.25) is 4.79 Å². The van der Waals surface area contributed by atoms with Crippen molar-refractivity contribution in [3.63, 3.8) is 0 Å². The van der Waals surface area contributed by atoms with Gasteiger partial charge >= 0.3 is 0 Å². The maximum Gasteiger partial charge on any atom is 0.256 e. The first-order chi connectivity index (χ1) is 11.1. The summed E-state index contributed by atoms with van der Waals surface area (Å²) in [4.78, 5) is 14.0. The van der Waals surface area contributed by atoms with Crippen molar-refractivity contribution in [3.05, 3.63) is 47.5 Å². The first-order valence-electron chi connectivity index (χ1n) is 7.06. The first-order valence-corrected chi connectivity index (χ1v) is 7.06. The van der Waals surface area contributed by atoms with E-state index in [4.69, 9.17) is 4.74 Å². The molecule has 6 nitrogen and oxygen atoms in total. The van der Waals surface area contributed by atoms with Crippen LogP contribution in [0.1, 0.15) is 10.4 Å². The van der Waals surface area contributed by atoms with Crippen molar-refractivity contribution >= 4 is 17.5 Å². The van der Waals surface area contributed by atoms with E-state index in [1.165, 1.54) is 6.07 Å². The van der Waals surface area contributed by atoms with E-state index in [-0.39, 0.29) is 11.4 Å². The zero-order valence-electron chi connectivity index (χ0n) is 12.1. The van der Waals surface area contributed by atoms with Gasteiger partial charge in [-0.1, -0.05) is 0 Å². The molecule has 1 saturated heterocycles. The summed E-state index contributed by atoms with van der Waals surface area (Å²) in [5, 5.41) is 10.5. The molecular formula is C15H14F2N4O2. The highest BCUT2D eigenvalue weighted by atomic mass is 19.2. The summed E-state index contributed by atoms with van der Waals surface area (Å²) < 4.78 is 31.3. The Morgan fingerprint density at radius 2 is 1.87 bits per heavy atom. The molecule has 8 heteroatoms. The Bertz CT molecular complexity index is 703. The lowest BCUT2D eigenvalue weighted by atomic mass is 10.2. The standard InChI is InChI=1S/C15H14F2N4O2/c16-11-2-1-10(9-12(11)17)15(22)18-13-3-4-14(20-19-13)21-5-7-23-8-6-21/h1-4,9H,5-8H2,(H,18,19,22). The number of hydrogen-bond acceptors (Lipinski definition) is 5. The Morgan fingerprint density at radius 3 is 2.52 bits per heavy atom. The largest absolute Gasteiger partial charge is 0.378 e. The average molecular weight is 320 g/mol. The minimum atomic E-state index is -1.08. The molecule has 1 N–H and O–H groups in total. The number of morpholine rings is 1. The van der Waals surface area contributed by atoms with Gasteiger partial charge in [-0.05, 0) is 30.3 Å². The number of anilines is 2. The van der Waals surface area contributed by atoms with Crippen LogP contribution in [0, 0.1) is 11.6 Å². The number of carbonyl (C=O) groups is 1. The molecule has 2 aromatic rings. The van der Waals surface area contributed by atoms with Gasteiger partial charge in [0.05, 0.1) is 13.2 Å². The molecule has 0 atom stereocenters. The van der Waals surface area contributed by atoms with Gasteiger partial charge in [0, 0.05) is 18.7 Å². The number of carbonyl (C=O) groups excluding carboxylic acids is 1. The molecule has 1 aromatic carbocycles. The molecular weight excluding hydrogens is 306 g/mol. The van der Waals surface area contributed by atoms with Crippen LogP contribution in [-0.4, -0.2) is 42.4 Å². The van der Waals surface area contributed by atoms with E-state index in [1.807, 2.05) is 4.90 Å². The van der Waals surface area contributed by atoms with Gasteiger partial charge in [0.2, 0.25) is 0 Å². The van der Waals surface area contributed by atoms with E-state index < -0.39 is 17.5 Å². The summed E-state index contributed by atoms with van der Waals surface area (Å²) in [5.41, 5.74) is 0.00274. The third-order valence-electron chi connectivity index (χ3n) is 3.41. The molecule has 3 rings (SSSR count). The Labute approximate surface area is 131 Å². The van der Waals surface area contributed by atoms with E-state index in [9.17, 15) is 13.6 Å². The SMILES string of the molecule is O=C(Nc1ccc(N2CCOCC2)nn1)c1ccc(F)c(F)c1. The Hall–Kier alpha value is -2.61. The van der Waals surface area contributed by atoms with Crippen LogP contribution in [0.3, 0.4) is 0 Å². The molecule has 0 aliphatic carbocycles. The third-order valence-corrected chi connectivity index (χ3v) is 3.41. The number of nitrogens with zero attached hydrogens (tertiary/aromatic N) is 3.